The molecule has 0 radical (unpaired) electrons. The van der Waals surface area contributed by atoms with Crippen LogP contribution in [0.4, 0.5) is 5.82 Å². The normalized spacial score (nSPS) is 25.5. The van der Waals surface area contributed by atoms with Crippen molar-refractivity contribution in [3.05, 3.63) is 23.9 Å². The summed E-state index contributed by atoms with van der Waals surface area (Å²) < 4.78 is 0. The molecule has 1 heterocycles. The van der Waals surface area contributed by atoms with Crippen LogP contribution in [0.1, 0.15) is 24.8 Å². The zero-order valence-corrected chi connectivity index (χ0v) is 9.11. The van der Waals surface area contributed by atoms with Crippen LogP contribution in [0.5, 0.6) is 0 Å². The fourth-order valence-corrected chi connectivity index (χ4v) is 2.06. The standard InChI is InChI=1S/C12H18N2O/c1-9-5-6-12(13-7-9)14-8-10-3-2-4-11(10)15/h5-7,10-11,15H,2-4,8H2,1H3,(H,13,14). The minimum Gasteiger partial charge on any atom is -0.393 e. The van der Waals surface area contributed by atoms with Gasteiger partial charge < -0.3 is 10.4 Å². The first kappa shape index (κ1) is 10.4. The molecule has 0 bridgehead atoms. The second-order valence-corrected chi connectivity index (χ2v) is 4.36. The predicted molar refractivity (Wildman–Crippen MR) is 60.8 cm³/mol. The highest BCUT2D eigenvalue weighted by Gasteiger charge is 2.24. The van der Waals surface area contributed by atoms with Crippen molar-refractivity contribution in [2.45, 2.75) is 32.3 Å². The Morgan fingerprint density at radius 3 is 2.93 bits per heavy atom. The zero-order valence-electron chi connectivity index (χ0n) is 9.11. The molecule has 2 N–H and O–H groups in total. The van der Waals surface area contributed by atoms with Crippen LogP contribution in [-0.2, 0) is 0 Å². The molecule has 3 nitrogen and oxygen atoms in total. The first-order valence-electron chi connectivity index (χ1n) is 5.60. The highest BCUT2D eigenvalue weighted by molar-refractivity contribution is 5.35. The van der Waals surface area contributed by atoms with Gasteiger partial charge in [0.15, 0.2) is 0 Å². The highest BCUT2D eigenvalue weighted by atomic mass is 16.3. The molecule has 15 heavy (non-hydrogen) atoms. The molecular formula is C12H18N2O. The second-order valence-electron chi connectivity index (χ2n) is 4.36. The number of rotatable bonds is 3. The third kappa shape index (κ3) is 2.69. The van der Waals surface area contributed by atoms with Crippen molar-refractivity contribution in [2.24, 2.45) is 5.92 Å². The van der Waals surface area contributed by atoms with Gasteiger partial charge in [-0.05, 0) is 31.4 Å². The van der Waals surface area contributed by atoms with Gasteiger partial charge in [-0.15, -0.1) is 0 Å². The third-order valence-electron chi connectivity index (χ3n) is 3.08. The number of aliphatic hydroxyl groups is 1. The molecule has 0 spiro atoms. The molecule has 1 aromatic heterocycles. The minimum atomic E-state index is -0.122. The summed E-state index contributed by atoms with van der Waals surface area (Å²) in [5.74, 6) is 1.30. The van der Waals surface area contributed by atoms with Gasteiger partial charge in [0.25, 0.3) is 0 Å². The maximum absolute atomic E-state index is 9.65. The lowest BCUT2D eigenvalue weighted by Gasteiger charge is -2.15. The van der Waals surface area contributed by atoms with Gasteiger partial charge in [-0.1, -0.05) is 12.5 Å². The van der Waals surface area contributed by atoms with Gasteiger partial charge in [0.1, 0.15) is 5.82 Å². The van der Waals surface area contributed by atoms with Crippen molar-refractivity contribution in [1.82, 2.24) is 4.98 Å². The van der Waals surface area contributed by atoms with E-state index in [0.29, 0.717) is 5.92 Å². The van der Waals surface area contributed by atoms with Crippen LogP contribution in [0.15, 0.2) is 18.3 Å². The van der Waals surface area contributed by atoms with Crippen molar-refractivity contribution in [3.8, 4) is 0 Å². The van der Waals surface area contributed by atoms with Crippen LogP contribution in [0.3, 0.4) is 0 Å². The molecule has 2 atom stereocenters. The van der Waals surface area contributed by atoms with E-state index in [-0.39, 0.29) is 6.10 Å². The molecule has 1 aromatic rings. The van der Waals surface area contributed by atoms with Gasteiger partial charge >= 0.3 is 0 Å². The van der Waals surface area contributed by atoms with E-state index < -0.39 is 0 Å². The molecule has 2 unspecified atom stereocenters. The lowest BCUT2D eigenvalue weighted by Crippen LogP contribution is -2.22. The van der Waals surface area contributed by atoms with Crippen LogP contribution < -0.4 is 5.32 Å². The van der Waals surface area contributed by atoms with E-state index in [2.05, 4.69) is 10.3 Å². The smallest absolute Gasteiger partial charge is 0.125 e. The number of pyridine rings is 1. The summed E-state index contributed by atoms with van der Waals surface area (Å²) in [6.45, 7) is 2.86. The van der Waals surface area contributed by atoms with Gasteiger partial charge in [0.05, 0.1) is 6.10 Å². The molecule has 1 fully saturated rings. The van der Waals surface area contributed by atoms with E-state index in [0.717, 1.165) is 31.6 Å². The lowest BCUT2D eigenvalue weighted by molar-refractivity contribution is 0.138. The molecule has 0 amide bonds. The average molecular weight is 206 g/mol. The third-order valence-corrected chi connectivity index (χ3v) is 3.08. The first-order chi connectivity index (χ1) is 7.25. The van der Waals surface area contributed by atoms with E-state index in [1.54, 1.807) is 0 Å². The van der Waals surface area contributed by atoms with Crippen LogP contribution in [0.25, 0.3) is 0 Å². The predicted octanol–water partition coefficient (Wildman–Crippen LogP) is 1.96. The van der Waals surface area contributed by atoms with Crippen LogP contribution >= 0.6 is 0 Å². The molecule has 1 aliphatic rings. The van der Waals surface area contributed by atoms with E-state index >= 15 is 0 Å². The average Bonchev–Trinajstić information content (AvgIpc) is 2.63. The quantitative estimate of drug-likeness (QED) is 0.794. The Morgan fingerprint density at radius 1 is 1.47 bits per heavy atom. The summed E-state index contributed by atoms with van der Waals surface area (Å²) >= 11 is 0. The van der Waals surface area contributed by atoms with Crippen LogP contribution in [-0.4, -0.2) is 22.7 Å². The summed E-state index contributed by atoms with van der Waals surface area (Å²) in [5, 5.41) is 12.9. The summed E-state index contributed by atoms with van der Waals surface area (Å²) in [6, 6.07) is 4.02. The van der Waals surface area contributed by atoms with Crippen molar-refractivity contribution < 1.29 is 5.11 Å². The SMILES string of the molecule is Cc1ccc(NCC2CCCC2O)nc1. The summed E-state index contributed by atoms with van der Waals surface area (Å²) in [6.07, 6.45) is 4.96. The summed E-state index contributed by atoms with van der Waals surface area (Å²) in [5.41, 5.74) is 1.17. The molecule has 1 saturated carbocycles. The number of hydrogen-bond acceptors (Lipinski definition) is 3. The van der Waals surface area contributed by atoms with E-state index in [1.807, 2.05) is 25.3 Å². The number of hydrogen-bond donors (Lipinski definition) is 2. The van der Waals surface area contributed by atoms with Gasteiger partial charge in [-0.2, -0.15) is 0 Å². The fourth-order valence-electron chi connectivity index (χ4n) is 2.06. The first-order valence-corrected chi connectivity index (χ1v) is 5.60. The largest absolute Gasteiger partial charge is 0.393 e. The van der Waals surface area contributed by atoms with Crippen molar-refractivity contribution >= 4 is 5.82 Å². The Morgan fingerprint density at radius 2 is 2.33 bits per heavy atom. The van der Waals surface area contributed by atoms with E-state index in [4.69, 9.17) is 0 Å². The topological polar surface area (TPSA) is 45.1 Å². The van der Waals surface area contributed by atoms with E-state index in [9.17, 15) is 5.11 Å². The highest BCUT2D eigenvalue weighted by Crippen LogP contribution is 2.25. The number of nitrogens with zero attached hydrogens (tertiary/aromatic N) is 1. The monoisotopic (exact) mass is 206 g/mol. The Bertz CT molecular complexity index is 310. The molecular weight excluding hydrogens is 188 g/mol. The van der Waals surface area contributed by atoms with Crippen molar-refractivity contribution in [1.29, 1.82) is 0 Å². The number of aliphatic hydroxyl groups excluding tert-OH is 1. The molecule has 3 heteroatoms. The number of anilines is 1. The summed E-state index contributed by atoms with van der Waals surface area (Å²) in [4.78, 5) is 4.27. The Balaban J connectivity index is 1.85. The fraction of sp³-hybridized carbons (Fsp3) is 0.583. The number of nitrogens with one attached hydrogen (secondary N) is 1. The van der Waals surface area contributed by atoms with Gasteiger partial charge in [-0.3, -0.25) is 0 Å². The van der Waals surface area contributed by atoms with Gasteiger partial charge in [-0.25, -0.2) is 4.98 Å². The van der Waals surface area contributed by atoms with Crippen LogP contribution in [0, 0.1) is 12.8 Å². The second kappa shape index (κ2) is 4.62. The molecule has 1 aliphatic carbocycles. The van der Waals surface area contributed by atoms with Gasteiger partial charge in [0.2, 0.25) is 0 Å². The van der Waals surface area contributed by atoms with Crippen molar-refractivity contribution in [2.75, 3.05) is 11.9 Å². The molecule has 0 saturated heterocycles. The lowest BCUT2D eigenvalue weighted by atomic mass is 10.1. The molecule has 0 aliphatic heterocycles. The molecule has 0 aromatic carbocycles. The van der Waals surface area contributed by atoms with Crippen molar-refractivity contribution in [3.63, 3.8) is 0 Å². The Hall–Kier alpha value is -1.09. The maximum atomic E-state index is 9.65. The molecule has 2 rings (SSSR count). The molecule has 82 valence electrons. The summed E-state index contributed by atoms with van der Waals surface area (Å²) in [7, 11) is 0. The number of aryl methyl sites for hydroxylation is 1. The Kier molecular flexibility index (Phi) is 3.21. The zero-order chi connectivity index (χ0) is 10.7. The number of aromatic nitrogens is 1. The maximum Gasteiger partial charge on any atom is 0.125 e. The minimum absolute atomic E-state index is 0.122. The van der Waals surface area contributed by atoms with Crippen LogP contribution in [0.2, 0.25) is 0 Å². The van der Waals surface area contributed by atoms with Gasteiger partial charge in [0, 0.05) is 18.7 Å². The van der Waals surface area contributed by atoms with E-state index in [1.165, 1.54) is 5.56 Å². The Labute approximate surface area is 90.5 Å².